The molecule has 0 aliphatic carbocycles. The lowest BCUT2D eigenvalue weighted by Crippen LogP contribution is -2.27. The van der Waals surface area contributed by atoms with Crippen LogP contribution >= 0.6 is 11.6 Å². The van der Waals surface area contributed by atoms with Crippen LogP contribution in [0.4, 0.5) is 16.2 Å². The Labute approximate surface area is 139 Å². The van der Waals surface area contributed by atoms with Crippen molar-refractivity contribution in [2.75, 3.05) is 23.3 Å². The normalized spacial score (nSPS) is 13.8. The van der Waals surface area contributed by atoms with Gasteiger partial charge in [-0.25, -0.2) is 4.79 Å². The van der Waals surface area contributed by atoms with Gasteiger partial charge in [0.15, 0.2) is 0 Å². The van der Waals surface area contributed by atoms with Gasteiger partial charge in [0, 0.05) is 35.1 Å². The number of benzene rings is 2. The van der Waals surface area contributed by atoms with Crippen LogP contribution in [-0.2, 0) is 0 Å². The summed E-state index contributed by atoms with van der Waals surface area (Å²) in [5.41, 5.74) is 2.76. The average molecular weight is 330 g/mol. The molecule has 1 saturated heterocycles. The van der Waals surface area contributed by atoms with Gasteiger partial charge in [-0.3, -0.25) is 9.69 Å². The molecule has 2 aromatic carbocycles. The van der Waals surface area contributed by atoms with Crippen molar-refractivity contribution in [3.05, 3.63) is 58.6 Å². The van der Waals surface area contributed by atoms with E-state index in [-0.39, 0.29) is 11.9 Å². The summed E-state index contributed by atoms with van der Waals surface area (Å²) in [4.78, 5) is 25.6. The second kappa shape index (κ2) is 6.30. The van der Waals surface area contributed by atoms with Gasteiger partial charge >= 0.3 is 6.03 Å². The minimum atomic E-state index is -0.211. The minimum Gasteiger partial charge on any atom is -0.336 e. The number of urea groups is 1. The molecule has 0 bridgehead atoms. The van der Waals surface area contributed by atoms with Crippen LogP contribution in [0.2, 0.25) is 5.02 Å². The van der Waals surface area contributed by atoms with Crippen LogP contribution in [0.15, 0.2) is 42.5 Å². The number of carbonyl (C=O) groups is 2. The number of nitrogens with one attached hydrogen (secondary N) is 2. The monoisotopic (exact) mass is 329 g/mol. The third kappa shape index (κ3) is 3.14. The number of carbonyl (C=O) groups excluding carboxylic acids is 2. The van der Waals surface area contributed by atoms with Gasteiger partial charge in [0.2, 0.25) is 0 Å². The number of anilines is 2. The summed E-state index contributed by atoms with van der Waals surface area (Å²) in [5.74, 6) is -0.211. The summed E-state index contributed by atoms with van der Waals surface area (Å²) in [7, 11) is 0. The molecule has 23 heavy (non-hydrogen) atoms. The van der Waals surface area contributed by atoms with Crippen LogP contribution in [0.25, 0.3) is 0 Å². The summed E-state index contributed by atoms with van der Waals surface area (Å²) >= 11 is 6.04. The van der Waals surface area contributed by atoms with Crippen molar-refractivity contribution in [3.8, 4) is 0 Å². The van der Waals surface area contributed by atoms with Gasteiger partial charge in [-0.1, -0.05) is 17.7 Å². The van der Waals surface area contributed by atoms with Crippen LogP contribution in [0.3, 0.4) is 0 Å². The van der Waals surface area contributed by atoms with Crippen molar-refractivity contribution in [3.63, 3.8) is 0 Å². The van der Waals surface area contributed by atoms with Gasteiger partial charge in [-0.05, 0) is 48.9 Å². The van der Waals surface area contributed by atoms with Gasteiger partial charge in [-0.2, -0.15) is 0 Å². The summed E-state index contributed by atoms with van der Waals surface area (Å²) in [5, 5.41) is 6.15. The third-order valence-electron chi connectivity index (χ3n) is 3.81. The van der Waals surface area contributed by atoms with Gasteiger partial charge in [0.1, 0.15) is 0 Å². The molecule has 0 saturated carbocycles. The largest absolute Gasteiger partial charge is 0.336 e. The Balaban J connectivity index is 1.74. The molecule has 2 aromatic rings. The van der Waals surface area contributed by atoms with Crippen LogP contribution in [0, 0.1) is 6.92 Å². The van der Waals surface area contributed by atoms with Crippen LogP contribution in [-0.4, -0.2) is 25.0 Å². The van der Waals surface area contributed by atoms with Crippen LogP contribution in [0.5, 0.6) is 0 Å². The fourth-order valence-corrected chi connectivity index (χ4v) is 2.67. The topological polar surface area (TPSA) is 61.4 Å². The van der Waals surface area contributed by atoms with Gasteiger partial charge in [0.25, 0.3) is 5.91 Å². The molecule has 0 atom stereocenters. The number of hydrogen-bond acceptors (Lipinski definition) is 2. The predicted molar refractivity (Wildman–Crippen MR) is 91.3 cm³/mol. The van der Waals surface area contributed by atoms with Crippen molar-refractivity contribution in [1.29, 1.82) is 0 Å². The number of hydrogen-bond donors (Lipinski definition) is 2. The quantitative estimate of drug-likeness (QED) is 0.906. The van der Waals surface area contributed by atoms with E-state index in [9.17, 15) is 9.59 Å². The summed E-state index contributed by atoms with van der Waals surface area (Å²) < 4.78 is 0. The first-order valence-electron chi connectivity index (χ1n) is 7.28. The Bertz CT molecular complexity index is 759. The molecule has 1 fully saturated rings. The summed E-state index contributed by atoms with van der Waals surface area (Å²) in [6, 6.07) is 12.3. The van der Waals surface area contributed by atoms with Crippen molar-refractivity contribution in [1.82, 2.24) is 5.32 Å². The van der Waals surface area contributed by atoms with E-state index in [0.717, 1.165) is 11.3 Å². The smallest absolute Gasteiger partial charge is 0.321 e. The maximum absolute atomic E-state index is 12.3. The molecule has 3 rings (SSSR count). The van der Waals surface area contributed by atoms with Gasteiger partial charge in [-0.15, -0.1) is 0 Å². The molecule has 0 spiro atoms. The first kappa shape index (κ1) is 15.4. The van der Waals surface area contributed by atoms with Gasteiger partial charge in [0.05, 0.1) is 0 Å². The number of halogens is 1. The highest BCUT2D eigenvalue weighted by Crippen LogP contribution is 2.22. The highest BCUT2D eigenvalue weighted by Gasteiger charge is 2.20. The fraction of sp³-hybridized carbons (Fsp3) is 0.176. The zero-order valence-electron chi connectivity index (χ0n) is 12.6. The fourth-order valence-electron chi connectivity index (χ4n) is 2.49. The molecule has 1 aliphatic rings. The lowest BCUT2D eigenvalue weighted by Gasteiger charge is -2.15. The molecule has 3 amide bonds. The van der Waals surface area contributed by atoms with Crippen molar-refractivity contribution >= 4 is 34.9 Å². The van der Waals surface area contributed by atoms with Crippen LogP contribution < -0.4 is 15.5 Å². The molecular formula is C17H16ClN3O2. The van der Waals surface area contributed by atoms with E-state index >= 15 is 0 Å². The standard InChI is InChI=1S/C17H16ClN3O2/c1-11-14(3-2-4-15(11)18)16(22)20-12-5-7-13(8-6-12)21-10-9-19-17(21)23/h2-8H,9-10H2,1H3,(H,19,23)(H,20,22). The van der Waals surface area contributed by atoms with Crippen molar-refractivity contribution < 1.29 is 9.59 Å². The highest BCUT2D eigenvalue weighted by molar-refractivity contribution is 6.32. The highest BCUT2D eigenvalue weighted by atomic mass is 35.5. The third-order valence-corrected chi connectivity index (χ3v) is 4.22. The van der Waals surface area contributed by atoms with Gasteiger partial charge < -0.3 is 10.6 Å². The number of rotatable bonds is 3. The number of amides is 3. The van der Waals surface area contributed by atoms with Crippen molar-refractivity contribution in [2.45, 2.75) is 6.92 Å². The Morgan fingerprint density at radius 3 is 2.61 bits per heavy atom. The summed E-state index contributed by atoms with van der Waals surface area (Å²) in [6.07, 6.45) is 0. The molecule has 1 heterocycles. The van der Waals surface area contributed by atoms with E-state index < -0.39 is 0 Å². The van der Waals surface area contributed by atoms with E-state index in [2.05, 4.69) is 10.6 Å². The Hall–Kier alpha value is -2.53. The molecule has 6 heteroatoms. The lowest BCUT2D eigenvalue weighted by molar-refractivity contribution is 0.102. The Morgan fingerprint density at radius 1 is 1.22 bits per heavy atom. The first-order chi connectivity index (χ1) is 11.1. The Morgan fingerprint density at radius 2 is 1.96 bits per heavy atom. The minimum absolute atomic E-state index is 0.101. The maximum atomic E-state index is 12.3. The molecular weight excluding hydrogens is 314 g/mol. The molecule has 0 aromatic heterocycles. The SMILES string of the molecule is Cc1c(Cl)cccc1C(=O)Nc1ccc(N2CCNC2=O)cc1. The van der Waals surface area contributed by atoms with E-state index in [1.54, 1.807) is 35.2 Å². The first-order valence-corrected chi connectivity index (χ1v) is 7.66. The maximum Gasteiger partial charge on any atom is 0.321 e. The molecule has 2 N–H and O–H groups in total. The van der Waals surface area contributed by atoms with Crippen LogP contribution in [0.1, 0.15) is 15.9 Å². The molecule has 118 valence electrons. The Kier molecular flexibility index (Phi) is 4.21. The average Bonchev–Trinajstić information content (AvgIpc) is 2.97. The lowest BCUT2D eigenvalue weighted by atomic mass is 10.1. The zero-order valence-corrected chi connectivity index (χ0v) is 13.4. The predicted octanol–water partition coefficient (Wildman–Crippen LogP) is 3.43. The molecule has 0 unspecified atom stereocenters. The molecule has 0 radical (unpaired) electrons. The second-order valence-corrected chi connectivity index (χ2v) is 5.70. The van der Waals surface area contributed by atoms with E-state index in [4.69, 9.17) is 11.6 Å². The molecule has 5 nitrogen and oxygen atoms in total. The van der Waals surface area contributed by atoms with E-state index in [1.807, 2.05) is 19.1 Å². The summed E-state index contributed by atoms with van der Waals surface area (Å²) in [6.45, 7) is 3.10. The number of nitrogens with zero attached hydrogens (tertiary/aromatic N) is 1. The zero-order chi connectivity index (χ0) is 16.4. The van der Waals surface area contributed by atoms with E-state index in [0.29, 0.717) is 29.4 Å². The second-order valence-electron chi connectivity index (χ2n) is 5.30. The van der Waals surface area contributed by atoms with E-state index in [1.165, 1.54) is 0 Å². The van der Waals surface area contributed by atoms with Crippen molar-refractivity contribution in [2.24, 2.45) is 0 Å². The molecule has 1 aliphatic heterocycles.